The summed E-state index contributed by atoms with van der Waals surface area (Å²) >= 11 is 1.83. The second-order valence-electron chi connectivity index (χ2n) is 7.61. The monoisotopic (exact) mass is 418 g/mol. The number of carbonyl (C=O) groups is 2. The van der Waals surface area contributed by atoms with E-state index in [1.807, 2.05) is 11.3 Å². The number of hydrogen-bond donors (Lipinski definition) is 3. The van der Waals surface area contributed by atoms with Crippen LogP contribution < -0.4 is 5.32 Å². The maximum Gasteiger partial charge on any atom is 0.328 e. The number of aliphatic carboxylic acids is 2. The van der Waals surface area contributed by atoms with Crippen molar-refractivity contribution in [1.82, 2.24) is 10.2 Å². The van der Waals surface area contributed by atoms with Crippen molar-refractivity contribution in [3.05, 3.63) is 47.4 Å². The normalized spacial score (nSPS) is 15.0. The van der Waals surface area contributed by atoms with Gasteiger partial charge in [0.25, 0.3) is 0 Å². The molecule has 3 N–H and O–H groups in total. The largest absolute Gasteiger partial charge is 0.478 e. The SMILES string of the molecule is CC(C)CN(Cc1ccc2sccc2c1)C1CCNCC1.O=C(O)/C=C/C(=O)O. The van der Waals surface area contributed by atoms with Crippen LogP contribution in [-0.4, -0.2) is 52.7 Å². The van der Waals surface area contributed by atoms with Crippen LogP contribution in [0.25, 0.3) is 10.1 Å². The van der Waals surface area contributed by atoms with Crippen LogP contribution in [-0.2, 0) is 16.1 Å². The highest BCUT2D eigenvalue weighted by Gasteiger charge is 2.21. The van der Waals surface area contributed by atoms with Crippen molar-refractivity contribution in [2.45, 2.75) is 39.3 Å². The lowest BCUT2D eigenvalue weighted by Gasteiger charge is -2.35. The Balaban J connectivity index is 0.000000321. The number of rotatable bonds is 7. The standard InChI is InChI=1S/C18H26N2S.C4H4O4/c1-14(2)12-20(17-5-8-19-9-6-17)13-15-3-4-18-16(11-15)7-10-21-18;5-3(6)1-2-4(7)8/h3-4,7,10-11,14,17,19H,5-6,8-9,12-13H2,1-2H3;1-2H,(H,5,6)(H,7,8)/b;2-1+. The number of fused-ring (bicyclic) bond motifs is 1. The van der Waals surface area contributed by atoms with Gasteiger partial charge >= 0.3 is 11.9 Å². The third-order valence-electron chi connectivity index (χ3n) is 4.70. The van der Waals surface area contributed by atoms with E-state index in [0.29, 0.717) is 12.2 Å². The maximum absolute atomic E-state index is 9.55. The van der Waals surface area contributed by atoms with E-state index in [4.69, 9.17) is 10.2 Å². The van der Waals surface area contributed by atoms with E-state index in [0.717, 1.165) is 18.5 Å². The molecule has 1 saturated heterocycles. The first-order valence-electron chi connectivity index (χ1n) is 9.90. The van der Waals surface area contributed by atoms with Crippen LogP contribution >= 0.6 is 11.3 Å². The van der Waals surface area contributed by atoms with Gasteiger partial charge < -0.3 is 15.5 Å². The molecular weight excluding hydrogens is 388 g/mol. The van der Waals surface area contributed by atoms with E-state index in [2.05, 4.69) is 53.7 Å². The minimum atomic E-state index is -1.26. The van der Waals surface area contributed by atoms with Crippen molar-refractivity contribution in [3.8, 4) is 0 Å². The first-order valence-corrected chi connectivity index (χ1v) is 10.8. The average molecular weight is 419 g/mol. The summed E-state index contributed by atoms with van der Waals surface area (Å²) in [6.07, 6.45) is 3.69. The number of carboxylic acids is 2. The molecule has 0 atom stereocenters. The van der Waals surface area contributed by atoms with Gasteiger partial charge in [0.1, 0.15) is 0 Å². The first kappa shape index (κ1) is 23.1. The van der Waals surface area contributed by atoms with Crippen LogP contribution in [0.15, 0.2) is 41.8 Å². The highest BCUT2D eigenvalue weighted by atomic mass is 32.1. The van der Waals surface area contributed by atoms with Gasteiger partial charge in [0.15, 0.2) is 0 Å². The maximum atomic E-state index is 9.55. The topological polar surface area (TPSA) is 89.9 Å². The predicted octanol–water partition coefficient (Wildman–Crippen LogP) is 3.82. The van der Waals surface area contributed by atoms with Crippen LogP contribution in [0.2, 0.25) is 0 Å². The molecular formula is C22H30N2O4S. The molecule has 0 unspecified atom stereocenters. The molecule has 0 bridgehead atoms. The smallest absolute Gasteiger partial charge is 0.328 e. The predicted molar refractivity (Wildman–Crippen MR) is 117 cm³/mol. The van der Waals surface area contributed by atoms with Crippen molar-refractivity contribution in [3.63, 3.8) is 0 Å². The molecule has 2 heterocycles. The van der Waals surface area contributed by atoms with Crippen molar-refractivity contribution >= 4 is 33.4 Å². The molecule has 1 fully saturated rings. The fourth-order valence-corrected chi connectivity index (χ4v) is 4.25. The fraction of sp³-hybridized carbons (Fsp3) is 0.455. The van der Waals surface area contributed by atoms with Crippen LogP contribution in [0.5, 0.6) is 0 Å². The molecule has 158 valence electrons. The molecule has 1 aliphatic rings. The molecule has 1 aromatic heterocycles. The van der Waals surface area contributed by atoms with Gasteiger partial charge in [-0.25, -0.2) is 9.59 Å². The third kappa shape index (κ3) is 8.35. The van der Waals surface area contributed by atoms with Gasteiger partial charge in [-0.2, -0.15) is 0 Å². The Morgan fingerprint density at radius 1 is 1.17 bits per heavy atom. The van der Waals surface area contributed by atoms with Gasteiger partial charge in [0.2, 0.25) is 0 Å². The summed E-state index contributed by atoms with van der Waals surface area (Å²) in [4.78, 5) is 21.8. The number of thiophene rings is 1. The van der Waals surface area contributed by atoms with E-state index in [9.17, 15) is 9.59 Å². The number of benzene rings is 1. The second-order valence-corrected chi connectivity index (χ2v) is 8.55. The lowest BCUT2D eigenvalue weighted by molar-refractivity contribution is -0.134. The lowest BCUT2D eigenvalue weighted by atomic mass is 10.0. The molecule has 0 aliphatic carbocycles. The fourth-order valence-electron chi connectivity index (χ4n) is 3.48. The van der Waals surface area contributed by atoms with Gasteiger partial charge in [-0.1, -0.05) is 19.9 Å². The molecule has 0 radical (unpaired) electrons. The molecule has 0 saturated carbocycles. The van der Waals surface area contributed by atoms with E-state index in [1.54, 1.807) is 0 Å². The minimum Gasteiger partial charge on any atom is -0.478 e. The zero-order valence-corrected chi connectivity index (χ0v) is 17.8. The zero-order valence-electron chi connectivity index (χ0n) is 17.0. The van der Waals surface area contributed by atoms with Crippen LogP contribution in [0.4, 0.5) is 0 Å². The summed E-state index contributed by atoms with van der Waals surface area (Å²) in [7, 11) is 0. The van der Waals surface area contributed by atoms with Crippen LogP contribution in [0.1, 0.15) is 32.3 Å². The minimum absolute atomic E-state index is 0.558. The van der Waals surface area contributed by atoms with Crippen molar-refractivity contribution < 1.29 is 19.8 Å². The molecule has 1 aliphatic heterocycles. The molecule has 0 amide bonds. The summed E-state index contributed by atoms with van der Waals surface area (Å²) in [5.41, 5.74) is 1.46. The van der Waals surface area contributed by atoms with Crippen LogP contribution in [0, 0.1) is 5.92 Å². The Bertz CT molecular complexity index is 809. The third-order valence-corrected chi connectivity index (χ3v) is 5.59. The number of nitrogens with one attached hydrogen (secondary N) is 1. The average Bonchev–Trinajstić information content (AvgIpc) is 3.14. The molecule has 0 spiro atoms. The summed E-state index contributed by atoms with van der Waals surface area (Å²) in [6, 6.07) is 9.95. The Labute approximate surface area is 175 Å². The van der Waals surface area contributed by atoms with Gasteiger partial charge in [-0.05, 0) is 66.4 Å². The highest BCUT2D eigenvalue weighted by molar-refractivity contribution is 7.17. The van der Waals surface area contributed by atoms with E-state index < -0.39 is 11.9 Å². The van der Waals surface area contributed by atoms with Gasteiger partial charge in [0.05, 0.1) is 0 Å². The van der Waals surface area contributed by atoms with E-state index in [1.165, 1.54) is 48.1 Å². The highest BCUT2D eigenvalue weighted by Crippen LogP contribution is 2.24. The number of hydrogen-bond acceptors (Lipinski definition) is 5. The Kier molecular flexibility index (Phi) is 9.31. The Morgan fingerprint density at radius 2 is 1.83 bits per heavy atom. The number of nitrogens with zero attached hydrogens (tertiary/aromatic N) is 1. The molecule has 6 nitrogen and oxygen atoms in total. The summed E-state index contributed by atoms with van der Waals surface area (Å²) in [5.74, 6) is -1.79. The zero-order chi connectivity index (χ0) is 21.2. The van der Waals surface area contributed by atoms with E-state index in [-0.39, 0.29) is 0 Å². The van der Waals surface area contributed by atoms with Gasteiger partial charge in [-0.3, -0.25) is 4.90 Å². The van der Waals surface area contributed by atoms with Crippen molar-refractivity contribution in [2.75, 3.05) is 19.6 Å². The molecule has 3 rings (SSSR count). The lowest BCUT2D eigenvalue weighted by Crippen LogP contribution is -2.44. The number of carboxylic acid groups (broad SMARTS) is 2. The Hall–Kier alpha value is -2.22. The summed E-state index contributed by atoms with van der Waals surface area (Å²) in [5, 5.41) is 22.7. The molecule has 2 aromatic rings. The summed E-state index contributed by atoms with van der Waals surface area (Å²) in [6.45, 7) is 9.29. The quantitative estimate of drug-likeness (QED) is 0.592. The van der Waals surface area contributed by atoms with Crippen molar-refractivity contribution in [1.29, 1.82) is 0 Å². The summed E-state index contributed by atoms with van der Waals surface area (Å²) < 4.78 is 1.40. The van der Waals surface area contributed by atoms with Gasteiger partial charge in [0, 0.05) is 36.0 Å². The van der Waals surface area contributed by atoms with Crippen LogP contribution in [0.3, 0.4) is 0 Å². The van der Waals surface area contributed by atoms with E-state index >= 15 is 0 Å². The van der Waals surface area contributed by atoms with Gasteiger partial charge in [-0.15, -0.1) is 11.3 Å². The molecule has 29 heavy (non-hydrogen) atoms. The van der Waals surface area contributed by atoms with Crippen molar-refractivity contribution in [2.24, 2.45) is 5.92 Å². The molecule has 1 aromatic carbocycles. The number of piperidine rings is 1. The Morgan fingerprint density at radius 3 is 2.41 bits per heavy atom. The first-order chi connectivity index (χ1) is 13.8. The molecule has 7 heteroatoms. The second kappa shape index (κ2) is 11.7.